The lowest BCUT2D eigenvalue weighted by atomic mass is 10.2. The van der Waals surface area contributed by atoms with Crippen molar-refractivity contribution in [2.75, 3.05) is 61.0 Å². The van der Waals surface area contributed by atoms with Crippen LogP contribution in [-0.4, -0.2) is 87.7 Å². The van der Waals surface area contributed by atoms with Gasteiger partial charge in [0.25, 0.3) is 0 Å². The lowest BCUT2D eigenvalue weighted by molar-refractivity contribution is -0.133. The number of methoxy groups -OCH3 is 1. The fourth-order valence-electron chi connectivity index (χ4n) is 2.93. The monoisotopic (exact) mass is 335 g/mol. The third kappa shape index (κ3) is 5.47. The molecule has 1 aliphatic heterocycles. The van der Waals surface area contributed by atoms with Gasteiger partial charge in [0, 0.05) is 38.8 Å². The van der Waals surface area contributed by atoms with Crippen LogP contribution in [-0.2, 0) is 16.1 Å². The Morgan fingerprint density at radius 3 is 2.79 bits per heavy atom. The summed E-state index contributed by atoms with van der Waals surface area (Å²) in [6, 6.07) is 7.80. The van der Waals surface area contributed by atoms with Crippen molar-refractivity contribution in [1.29, 1.82) is 0 Å². The molecule has 1 aromatic rings. The first-order chi connectivity index (χ1) is 11.5. The molecule has 0 saturated carbocycles. The summed E-state index contributed by atoms with van der Waals surface area (Å²) in [4.78, 5) is 18.6. The van der Waals surface area contributed by atoms with Crippen molar-refractivity contribution in [3.05, 3.63) is 29.8 Å². The molecule has 0 spiro atoms. The SMILES string of the molecule is COc1ccccc1CN(C)C(=O)CN1CCO[C@@H](CN(C)C)C1. The van der Waals surface area contributed by atoms with Gasteiger partial charge in [-0.3, -0.25) is 9.69 Å². The number of carbonyl (C=O) groups excluding carboxylic acids is 1. The zero-order chi connectivity index (χ0) is 17.5. The fourth-order valence-corrected chi connectivity index (χ4v) is 2.93. The van der Waals surface area contributed by atoms with Crippen molar-refractivity contribution < 1.29 is 14.3 Å². The van der Waals surface area contributed by atoms with Crippen LogP contribution in [0.1, 0.15) is 5.56 Å². The lowest BCUT2D eigenvalue weighted by Gasteiger charge is -2.34. The normalized spacial score (nSPS) is 18.6. The summed E-state index contributed by atoms with van der Waals surface area (Å²) in [6.07, 6.45) is 0.168. The van der Waals surface area contributed by atoms with Gasteiger partial charge in [0.2, 0.25) is 5.91 Å². The second kappa shape index (κ2) is 9.01. The maximum Gasteiger partial charge on any atom is 0.236 e. The van der Waals surface area contributed by atoms with Crippen molar-refractivity contribution in [2.24, 2.45) is 0 Å². The Balaban J connectivity index is 1.87. The first kappa shape index (κ1) is 18.7. The maximum absolute atomic E-state index is 12.5. The van der Waals surface area contributed by atoms with Gasteiger partial charge in [-0.05, 0) is 20.2 Å². The third-order valence-electron chi connectivity index (χ3n) is 4.18. The Morgan fingerprint density at radius 1 is 1.33 bits per heavy atom. The number of para-hydroxylation sites is 1. The van der Waals surface area contributed by atoms with Gasteiger partial charge >= 0.3 is 0 Å². The van der Waals surface area contributed by atoms with Crippen molar-refractivity contribution in [1.82, 2.24) is 14.7 Å². The highest BCUT2D eigenvalue weighted by Crippen LogP contribution is 2.19. The molecular formula is C18H29N3O3. The fraction of sp³-hybridized carbons (Fsp3) is 0.611. The highest BCUT2D eigenvalue weighted by atomic mass is 16.5. The number of hydrogen-bond acceptors (Lipinski definition) is 5. The quantitative estimate of drug-likeness (QED) is 0.741. The van der Waals surface area contributed by atoms with Crippen LogP contribution in [0.5, 0.6) is 5.75 Å². The van der Waals surface area contributed by atoms with Gasteiger partial charge < -0.3 is 19.3 Å². The van der Waals surface area contributed by atoms with Gasteiger partial charge in [-0.25, -0.2) is 0 Å². The van der Waals surface area contributed by atoms with E-state index in [1.807, 2.05) is 45.4 Å². The van der Waals surface area contributed by atoms with Crippen LogP contribution in [0.25, 0.3) is 0 Å². The summed E-state index contributed by atoms with van der Waals surface area (Å²) in [5.74, 6) is 0.931. The molecule has 1 fully saturated rings. The molecule has 1 saturated heterocycles. The van der Waals surface area contributed by atoms with Crippen molar-refractivity contribution >= 4 is 5.91 Å². The lowest BCUT2D eigenvalue weighted by Crippen LogP contribution is -2.49. The smallest absolute Gasteiger partial charge is 0.236 e. The number of morpholine rings is 1. The minimum absolute atomic E-state index is 0.117. The molecule has 1 amide bonds. The van der Waals surface area contributed by atoms with E-state index in [1.165, 1.54) is 0 Å². The van der Waals surface area contributed by atoms with Crippen LogP contribution in [0, 0.1) is 0 Å². The second-order valence-electron chi connectivity index (χ2n) is 6.55. The van der Waals surface area contributed by atoms with Gasteiger partial charge in [0.15, 0.2) is 0 Å². The standard InChI is InChI=1S/C18H29N3O3/c1-19(2)12-16-13-21(9-10-24-16)14-18(22)20(3)11-15-7-5-6-8-17(15)23-4/h5-8,16H,9-14H2,1-4H3/t16-/m0/s1. The zero-order valence-electron chi connectivity index (χ0n) is 15.2. The minimum Gasteiger partial charge on any atom is -0.496 e. The van der Waals surface area contributed by atoms with Gasteiger partial charge in [-0.2, -0.15) is 0 Å². The van der Waals surface area contributed by atoms with E-state index >= 15 is 0 Å². The predicted octanol–water partition coefficient (Wildman–Crippen LogP) is 0.916. The van der Waals surface area contributed by atoms with Gasteiger partial charge in [-0.1, -0.05) is 18.2 Å². The van der Waals surface area contributed by atoms with Crippen LogP contribution < -0.4 is 4.74 Å². The highest BCUT2D eigenvalue weighted by molar-refractivity contribution is 5.78. The third-order valence-corrected chi connectivity index (χ3v) is 4.18. The molecule has 1 aromatic carbocycles. The molecule has 24 heavy (non-hydrogen) atoms. The van der Waals surface area contributed by atoms with E-state index in [-0.39, 0.29) is 12.0 Å². The first-order valence-corrected chi connectivity index (χ1v) is 8.34. The maximum atomic E-state index is 12.5. The zero-order valence-corrected chi connectivity index (χ0v) is 15.2. The van der Waals surface area contributed by atoms with Crippen molar-refractivity contribution in [2.45, 2.75) is 12.6 Å². The van der Waals surface area contributed by atoms with Gasteiger partial charge in [0.05, 0.1) is 26.4 Å². The summed E-state index contributed by atoms with van der Waals surface area (Å²) in [7, 11) is 7.56. The molecule has 0 aliphatic carbocycles. The predicted molar refractivity (Wildman–Crippen MR) is 94.2 cm³/mol. The number of rotatable bonds is 7. The van der Waals surface area contributed by atoms with Crippen LogP contribution >= 0.6 is 0 Å². The van der Waals surface area contributed by atoms with Crippen LogP contribution in [0.2, 0.25) is 0 Å². The molecule has 6 nitrogen and oxygen atoms in total. The number of hydrogen-bond donors (Lipinski definition) is 0. The number of carbonyl (C=O) groups is 1. The molecule has 0 bridgehead atoms. The molecule has 6 heteroatoms. The molecule has 1 heterocycles. The van der Waals surface area contributed by atoms with E-state index in [1.54, 1.807) is 12.0 Å². The second-order valence-corrected chi connectivity index (χ2v) is 6.55. The molecule has 0 unspecified atom stereocenters. The van der Waals surface area contributed by atoms with E-state index in [9.17, 15) is 4.79 Å². The van der Waals surface area contributed by atoms with Crippen molar-refractivity contribution in [3.8, 4) is 5.75 Å². The average molecular weight is 335 g/mol. The van der Waals surface area contributed by atoms with Gasteiger partial charge in [-0.15, -0.1) is 0 Å². The number of benzene rings is 1. The molecular weight excluding hydrogens is 306 g/mol. The summed E-state index contributed by atoms with van der Waals surface area (Å²) in [5.41, 5.74) is 1.02. The number of likely N-dealkylation sites (N-methyl/N-ethyl adjacent to an activating group) is 2. The molecule has 134 valence electrons. The largest absolute Gasteiger partial charge is 0.496 e. The van der Waals surface area contributed by atoms with Crippen LogP contribution in [0.15, 0.2) is 24.3 Å². The Bertz CT molecular complexity index is 536. The van der Waals surface area contributed by atoms with E-state index in [0.717, 1.165) is 30.9 Å². The molecule has 0 radical (unpaired) electrons. The summed E-state index contributed by atoms with van der Waals surface area (Å²) < 4.78 is 11.1. The molecule has 1 atom stereocenters. The van der Waals surface area contributed by atoms with Crippen molar-refractivity contribution in [3.63, 3.8) is 0 Å². The molecule has 2 rings (SSSR count). The highest BCUT2D eigenvalue weighted by Gasteiger charge is 2.23. The molecule has 0 aromatic heterocycles. The summed E-state index contributed by atoms with van der Waals surface area (Å²) in [5, 5.41) is 0. The average Bonchev–Trinajstić information content (AvgIpc) is 2.55. The van der Waals surface area contributed by atoms with E-state index in [2.05, 4.69) is 9.80 Å². The Kier molecular flexibility index (Phi) is 7.02. The van der Waals surface area contributed by atoms with Gasteiger partial charge in [0.1, 0.15) is 5.75 Å². The Labute approximate surface area is 144 Å². The van der Waals surface area contributed by atoms with E-state index in [4.69, 9.17) is 9.47 Å². The number of nitrogens with zero attached hydrogens (tertiary/aromatic N) is 3. The van der Waals surface area contributed by atoms with E-state index in [0.29, 0.717) is 19.7 Å². The Morgan fingerprint density at radius 2 is 2.08 bits per heavy atom. The molecule has 1 aliphatic rings. The number of ether oxygens (including phenoxy) is 2. The number of amides is 1. The summed E-state index contributed by atoms with van der Waals surface area (Å²) >= 11 is 0. The van der Waals surface area contributed by atoms with Crippen LogP contribution in [0.4, 0.5) is 0 Å². The topological polar surface area (TPSA) is 45.3 Å². The Hall–Kier alpha value is -1.63. The van der Waals surface area contributed by atoms with E-state index < -0.39 is 0 Å². The first-order valence-electron chi connectivity index (χ1n) is 8.34. The van der Waals surface area contributed by atoms with Crippen LogP contribution in [0.3, 0.4) is 0 Å². The molecule has 0 N–H and O–H groups in total. The minimum atomic E-state index is 0.117. The summed E-state index contributed by atoms with van der Waals surface area (Å²) in [6.45, 7) is 4.14.